The van der Waals surface area contributed by atoms with Crippen LogP contribution in [-0.2, 0) is 16.6 Å². The SMILES string of the molecule is CCOC(=O)C1CCN(CCOc2ccc(NC(=O)c3cccnc3)cc2-c2ccnn2C)CC1. The number of aromatic nitrogens is 3. The molecule has 1 aliphatic rings. The number of amides is 1. The number of ether oxygens (including phenoxy) is 2. The fourth-order valence-electron chi connectivity index (χ4n) is 4.21. The first-order chi connectivity index (χ1) is 17.0. The Balaban J connectivity index is 1.40. The Bertz CT molecular complexity index is 1140. The Hall–Kier alpha value is -3.72. The maximum absolute atomic E-state index is 12.6. The lowest BCUT2D eigenvalue weighted by Crippen LogP contribution is -2.39. The molecule has 0 radical (unpaired) electrons. The van der Waals surface area contributed by atoms with E-state index in [1.807, 2.05) is 38.2 Å². The average molecular weight is 478 g/mol. The van der Waals surface area contributed by atoms with Gasteiger partial charge in [0.05, 0.1) is 23.8 Å². The Morgan fingerprint density at radius 1 is 1.14 bits per heavy atom. The molecule has 4 rings (SSSR count). The second-order valence-corrected chi connectivity index (χ2v) is 8.46. The molecule has 1 N–H and O–H groups in total. The first-order valence-electron chi connectivity index (χ1n) is 11.9. The lowest BCUT2D eigenvalue weighted by molar-refractivity contribution is -0.149. The number of nitrogens with zero attached hydrogens (tertiary/aromatic N) is 4. The summed E-state index contributed by atoms with van der Waals surface area (Å²) >= 11 is 0. The van der Waals surface area contributed by atoms with Crippen molar-refractivity contribution in [3.63, 3.8) is 0 Å². The van der Waals surface area contributed by atoms with E-state index in [-0.39, 0.29) is 17.8 Å². The Labute approximate surface area is 205 Å². The van der Waals surface area contributed by atoms with Gasteiger partial charge >= 0.3 is 5.97 Å². The summed E-state index contributed by atoms with van der Waals surface area (Å²) in [6, 6.07) is 11.0. The van der Waals surface area contributed by atoms with Crippen molar-refractivity contribution >= 4 is 17.6 Å². The second-order valence-electron chi connectivity index (χ2n) is 8.46. The number of nitrogens with one attached hydrogen (secondary N) is 1. The van der Waals surface area contributed by atoms with Gasteiger partial charge in [-0.2, -0.15) is 5.10 Å². The van der Waals surface area contributed by atoms with E-state index in [1.165, 1.54) is 6.20 Å². The maximum Gasteiger partial charge on any atom is 0.309 e. The average Bonchev–Trinajstić information content (AvgIpc) is 3.31. The van der Waals surface area contributed by atoms with Crippen molar-refractivity contribution < 1.29 is 19.1 Å². The molecule has 3 aromatic rings. The van der Waals surface area contributed by atoms with Crippen molar-refractivity contribution in [1.29, 1.82) is 0 Å². The molecule has 0 aliphatic carbocycles. The van der Waals surface area contributed by atoms with E-state index in [0.717, 1.165) is 49.5 Å². The van der Waals surface area contributed by atoms with Crippen LogP contribution < -0.4 is 10.1 Å². The Morgan fingerprint density at radius 3 is 2.66 bits per heavy atom. The zero-order chi connectivity index (χ0) is 24.6. The highest BCUT2D eigenvalue weighted by Crippen LogP contribution is 2.32. The van der Waals surface area contributed by atoms with Gasteiger partial charge in [-0.1, -0.05) is 0 Å². The first-order valence-corrected chi connectivity index (χ1v) is 11.9. The number of carbonyl (C=O) groups is 2. The van der Waals surface area contributed by atoms with Gasteiger partial charge in [0, 0.05) is 43.4 Å². The quantitative estimate of drug-likeness (QED) is 0.472. The zero-order valence-electron chi connectivity index (χ0n) is 20.1. The fraction of sp³-hybridized carbons (Fsp3) is 0.385. The first kappa shape index (κ1) is 24.4. The van der Waals surface area contributed by atoms with Gasteiger partial charge in [0.2, 0.25) is 0 Å². The highest BCUT2D eigenvalue weighted by atomic mass is 16.5. The fourth-order valence-corrected chi connectivity index (χ4v) is 4.21. The number of anilines is 1. The van der Waals surface area contributed by atoms with Gasteiger partial charge in [-0.3, -0.25) is 24.2 Å². The molecule has 0 unspecified atom stereocenters. The number of hydrogen-bond acceptors (Lipinski definition) is 7. The number of aryl methyl sites for hydroxylation is 1. The lowest BCUT2D eigenvalue weighted by Gasteiger charge is -2.30. The largest absolute Gasteiger partial charge is 0.492 e. The molecule has 1 fully saturated rings. The molecule has 0 spiro atoms. The van der Waals surface area contributed by atoms with Crippen LogP contribution in [0.5, 0.6) is 5.75 Å². The van der Waals surface area contributed by atoms with E-state index < -0.39 is 0 Å². The van der Waals surface area contributed by atoms with Crippen molar-refractivity contribution in [3.05, 3.63) is 60.6 Å². The van der Waals surface area contributed by atoms with E-state index in [2.05, 4.69) is 20.3 Å². The topological polar surface area (TPSA) is 98.6 Å². The molecule has 1 saturated heterocycles. The van der Waals surface area contributed by atoms with Crippen LogP contribution in [0, 0.1) is 5.92 Å². The molecule has 35 heavy (non-hydrogen) atoms. The number of esters is 1. The normalized spacial score (nSPS) is 14.5. The monoisotopic (exact) mass is 477 g/mol. The van der Waals surface area contributed by atoms with Crippen LogP contribution in [0.2, 0.25) is 0 Å². The van der Waals surface area contributed by atoms with Crippen molar-refractivity contribution in [3.8, 4) is 17.0 Å². The van der Waals surface area contributed by atoms with E-state index in [0.29, 0.717) is 24.5 Å². The van der Waals surface area contributed by atoms with Crippen molar-refractivity contribution in [2.75, 3.05) is 38.2 Å². The number of piperidine rings is 1. The van der Waals surface area contributed by atoms with E-state index >= 15 is 0 Å². The summed E-state index contributed by atoms with van der Waals surface area (Å²) in [6.45, 7) is 5.24. The van der Waals surface area contributed by atoms with Crippen LogP contribution in [0.4, 0.5) is 5.69 Å². The van der Waals surface area contributed by atoms with E-state index in [1.54, 1.807) is 29.2 Å². The molecule has 0 atom stereocenters. The molecule has 1 amide bonds. The van der Waals surface area contributed by atoms with Gasteiger partial charge in [0.15, 0.2) is 0 Å². The minimum absolute atomic E-state index is 0.00187. The minimum Gasteiger partial charge on any atom is -0.492 e. The van der Waals surface area contributed by atoms with Gasteiger partial charge < -0.3 is 14.8 Å². The predicted molar refractivity (Wildman–Crippen MR) is 132 cm³/mol. The Kier molecular flexibility index (Phi) is 8.10. The number of pyridine rings is 1. The van der Waals surface area contributed by atoms with E-state index in [4.69, 9.17) is 9.47 Å². The molecule has 2 aromatic heterocycles. The summed E-state index contributed by atoms with van der Waals surface area (Å²) in [7, 11) is 1.87. The van der Waals surface area contributed by atoms with Crippen molar-refractivity contribution in [1.82, 2.24) is 19.7 Å². The maximum atomic E-state index is 12.6. The predicted octanol–water partition coefficient (Wildman–Crippen LogP) is 3.39. The standard InChI is InChI=1S/C26H31N5O4/c1-3-34-26(33)19-9-13-31(14-10-19)15-16-35-24-7-6-21(17-22(24)23-8-12-28-30(23)2)29-25(32)20-5-4-11-27-18-20/h4-8,11-12,17-19H,3,9-10,13-16H2,1-2H3,(H,29,32). The van der Waals surface area contributed by atoms with Crippen molar-refractivity contribution in [2.24, 2.45) is 13.0 Å². The second kappa shape index (κ2) is 11.6. The minimum atomic E-state index is -0.228. The summed E-state index contributed by atoms with van der Waals surface area (Å²) in [5.74, 6) is 0.404. The third kappa shape index (κ3) is 6.24. The molecule has 3 heterocycles. The third-order valence-electron chi connectivity index (χ3n) is 6.13. The molecular formula is C26H31N5O4. The van der Waals surface area contributed by atoms with Gasteiger partial charge in [0.1, 0.15) is 12.4 Å². The highest BCUT2D eigenvalue weighted by molar-refractivity contribution is 6.04. The van der Waals surface area contributed by atoms with Gasteiger partial charge in [-0.25, -0.2) is 0 Å². The van der Waals surface area contributed by atoms with Gasteiger partial charge in [0.25, 0.3) is 5.91 Å². The number of hydrogen-bond donors (Lipinski definition) is 1. The van der Waals surface area contributed by atoms with Crippen LogP contribution in [0.15, 0.2) is 55.0 Å². The molecule has 1 aliphatic heterocycles. The Morgan fingerprint density at radius 2 is 1.97 bits per heavy atom. The highest BCUT2D eigenvalue weighted by Gasteiger charge is 2.25. The summed E-state index contributed by atoms with van der Waals surface area (Å²) in [5.41, 5.74) is 2.87. The van der Waals surface area contributed by atoms with Crippen LogP contribution in [-0.4, -0.2) is 64.4 Å². The number of benzene rings is 1. The van der Waals surface area contributed by atoms with Gasteiger partial charge in [-0.05, 0) is 69.3 Å². The van der Waals surface area contributed by atoms with Crippen molar-refractivity contribution in [2.45, 2.75) is 19.8 Å². The molecule has 1 aromatic carbocycles. The van der Waals surface area contributed by atoms with Crippen LogP contribution >= 0.6 is 0 Å². The molecule has 184 valence electrons. The zero-order valence-corrected chi connectivity index (χ0v) is 20.1. The molecule has 0 bridgehead atoms. The summed E-state index contributed by atoms with van der Waals surface area (Å²) in [6.07, 6.45) is 6.51. The number of rotatable bonds is 9. The number of carbonyl (C=O) groups excluding carboxylic acids is 2. The van der Waals surface area contributed by atoms with Crippen LogP contribution in [0.1, 0.15) is 30.1 Å². The van der Waals surface area contributed by atoms with E-state index in [9.17, 15) is 9.59 Å². The summed E-state index contributed by atoms with van der Waals surface area (Å²) in [5, 5.41) is 7.21. The number of likely N-dealkylation sites (tertiary alicyclic amines) is 1. The smallest absolute Gasteiger partial charge is 0.309 e. The summed E-state index contributed by atoms with van der Waals surface area (Å²) < 4.78 is 13.1. The molecule has 0 saturated carbocycles. The van der Waals surface area contributed by atoms with Gasteiger partial charge in [-0.15, -0.1) is 0 Å². The molecule has 9 nitrogen and oxygen atoms in total. The molecular weight excluding hydrogens is 446 g/mol. The summed E-state index contributed by atoms with van der Waals surface area (Å²) in [4.78, 5) is 30.8. The lowest BCUT2D eigenvalue weighted by atomic mass is 9.97. The molecule has 9 heteroatoms. The van der Waals surface area contributed by atoms with Crippen LogP contribution in [0.25, 0.3) is 11.3 Å². The third-order valence-corrected chi connectivity index (χ3v) is 6.13. The van der Waals surface area contributed by atoms with Crippen LogP contribution in [0.3, 0.4) is 0 Å².